The first-order valence-electron chi connectivity index (χ1n) is 8.12. The molecule has 0 amide bonds. The molecule has 0 radical (unpaired) electrons. The van der Waals surface area contributed by atoms with Crippen LogP contribution in [0.2, 0.25) is 0 Å². The molecule has 3 rings (SSSR count). The molecule has 0 unspecified atom stereocenters. The molecule has 13 heteroatoms. The number of aliphatic hydroxyl groups excluding tert-OH is 1. The lowest BCUT2D eigenvalue weighted by Gasteiger charge is -2.40. The normalized spacial score (nSPS) is 32.7. The van der Waals surface area contributed by atoms with Crippen molar-refractivity contribution in [3.63, 3.8) is 0 Å². The molecule has 2 heterocycles. The minimum Gasteiger partial charge on any atom is -0.384 e. The second-order valence-corrected chi connectivity index (χ2v) is 8.62. The summed E-state index contributed by atoms with van der Waals surface area (Å²) in [5.41, 5.74) is 0.661. The number of benzene rings is 1. The second kappa shape index (κ2) is 7.68. The van der Waals surface area contributed by atoms with Gasteiger partial charge in [0.15, 0.2) is 5.76 Å². The Kier molecular flexibility index (Phi) is 5.80. The van der Waals surface area contributed by atoms with Gasteiger partial charge in [-0.05, 0) is 18.6 Å². The summed E-state index contributed by atoms with van der Waals surface area (Å²) in [6.45, 7) is 0.766. The molecule has 2 saturated heterocycles. The highest BCUT2D eigenvalue weighted by molar-refractivity contribution is 7.84. The Morgan fingerprint density at radius 1 is 1.36 bits per heavy atom. The fourth-order valence-electron chi connectivity index (χ4n) is 2.77. The molecule has 2 aliphatic rings. The van der Waals surface area contributed by atoms with Crippen LogP contribution < -0.4 is 4.72 Å². The third-order valence-electron chi connectivity index (χ3n) is 4.13. The number of ether oxygens (including phenoxy) is 1. The van der Waals surface area contributed by atoms with E-state index in [2.05, 4.69) is 13.1 Å². The van der Waals surface area contributed by atoms with Gasteiger partial charge in [-0.25, -0.2) is 8.37 Å². The van der Waals surface area contributed by atoms with Crippen molar-refractivity contribution in [3.8, 4) is 0 Å². The summed E-state index contributed by atoms with van der Waals surface area (Å²) in [7, 11) is -8.77. The summed E-state index contributed by atoms with van der Waals surface area (Å²) in [5, 5.41) is 21.0. The highest BCUT2D eigenvalue weighted by Gasteiger charge is 2.59. The molecule has 0 aromatic heterocycles. The van der Waals surface area contributed by atoms with Gasteiger partial charge in [-0.3, -0.25) is 0 Å². The van der Waals surface area contributed by atoms with E-state index >= 15 is 0 Å². The SMILES string of the molecule is CC=C(OS(=O)(=O)NCc1ccccc1)[C@@]1(O)OC[C@H]2OS(=O)(=O)O[C@H]2[C@@H]1O. The van der Waals surface area contributed by atoms with E-state index in [-0.39, 0.29) is 6.54 Å². The molecule has 1 aromatic rings. The largest absolute Gasteiger partial charge is 0.400 e. The first kappa shape index (κ1) is 21.1. The molecule has 2 fully saturated rings. The number of rotatable bonds is 6. The summed E-state index contributed by atoms with van der Waals surface area (Å²) in [6.07, 6.45) is -3.62. The molecular formula is C15H19NO10S2. The quantitative estimate of drug-likeness (QED) is 0.474. The van der Waals surface area contributed by atoms with E-state index in [4.69, 9.17) is 8.92 Å². The van der Waals surface area contributed by atoms with Crippen molar-refractivity contribution in [2.24, 2.45) is 0 Å². The van der Waals surface area contributed by atoms with Gasteiger partial charge < -0.3 is 19.1 Å². The molecule has 156 valence electrons. The first-order chi connectivity index (χ1) is 13.1. The second-order valence-electron chi connectivity index (χ2n) is 6.05. The van der Waals surface area contributed by atoms with Gasteiger partial charge in [-0.15, -0.1) is 0 Å². The Labute approximate surface area is 162 Å². The van der Waals surface area contributed by atoms with Crippen LogP contribution in [0, 0.1) is 0 Å². The average molecular weight is 437 g/mol. The van der Waals surface area contributed by atoms with E-state index in [9.17, 15) is 27.0 Å². The van der Waals surface area contributed by atoms with Crippen LogP contribution in [0.1, 0.15) is 12.5 Å². The van der Waals surface area contributed by atoms with Gasteiger partial charge in [-0.2, -0.15) is 21.6 Å². The van der Waals surface area contributed by atoms with Gasteiger partial charge in [0.1, 0.15) is 18.3 Å². The summed E-state index contributed by atoms with van der Waals surface area (Å²) in [6, 6.07) is 8.61. The summed E-state index contributed by atoms with van der Waals surface area (Å²) < 4.78 is 68.6. The number of hydrogen-bond acceptors (Lipinski definition) is 10. The Morgan fingerprint density at radius 2 is 2.04 bits per heavy atom. The van der Waals surface area contributed by atoms with E-state index < -0.39 is 57.2 Å². The lowest BCUT2D eigenvalue weighted by molar-refractivity contribution is -0.294. The Morgan fingerprint density at radius 3 is 2.68 bits per heavy atom. The van der Waals surface area contributed by atoms with Crippen molar-refractivity contribution >= 4 is 20.7 Å². The molecule has 11 nitrogen and oxygen atoms in total. The molecule has 2 aliphatic heterocycles. The van der Waals surface area contributed by atoms with Crippen molar-refractivity contribution in [1.29, 1.82) is 0 Å². The maximum absolute atomic E-state index is 12.2. The molecule has 3 N–H and O–H groups in total. The Hall–Kier alpha value is -1.58. The van der Waals surface area contributed by atoms with Crippen LogP contribution in [-0.2, 0) is 44.5 Å². The predicted molar refractivity (Wildman–Crippen MR) is 92.6 cm³/mol. The highest BCUT2D eigenvalue weighted by atomic mass is 32.3. The van der Waals surface area contributed by atoms with Crippen molar-refractivity contribution in [2.75, 3.05) is 6.61 Å². The van der Waals surface area contributed by atoms with Crippen LogP contribution in [0.3, 0.4) is 0 Å². The van der Waals surface area contributed by atoms with Crippen LogP contribution in [-0.4, -0.2) is 57.8 Å². The van der Waals surface area contributed by atoms with Crippen LogP contribution in [0.4, 0.5) is 0 Å². The maximum Gasteiger partial charge on any atom is 0.400 e. The molecule has 4 atom stereocenters. The zero-order valence-electron chi connectivity index (χ0n) is 14.6. The Bertz CT molecular complexity index is 946. The molecule has 28 heavy (non-hydrogen) atoms. The number of aliphatic hydroxyl groups is 2. The molecule has 0 bridgehead atoms. The van der Waals surface area contributed by atoms with E-state index in [1.807, 2.05) is 0 Å². The molecule has 1 aromatic carbocycles. The van der Waals surface area contributed by atoms with Crippen molar-refractivity contribution in [1.82, 2.24) is 4.72 Å². The first-order valence-corrected chi connectivity index (χ1v) is 10.9. The summed E-state index contributed by atoms with van der Waals surface area (Å²) in [5.74, 6) is -3.33. The smallest absolute Gasteiger partial charge is 0.384 e. The van der Waals surface area contributed by atoms with Crippen LogP contribution in [0.5, 0.6) is 0 Å². The summed E-state index contributed by atoms with van der Waals surface area (Å²) in [4.78, 5) is 0. The van der Waals surface area contributed by atoms with Crippen molar-refractivity contribution in [3.05, 3.63) is 47.7 Å². The van der Waals surface area contributed by atoms with Crippen LogP contribution in [0.15, 0.2) is 42.2 Å². The van der Waals surface area contributed by atoms with Crippen molar-refractivity contribution < 1.29 is 44.3 Å². The molecule has 0 spiro atoms. The molecule has 0 aliphatic carbocycles. The zero-order valence-corrected chi connectivity index (χ0v) is 16.2. The lowest BCUT2D eigenvalue weighted by atomic mass is 9.95. The third-order valence-corrected chi connectivity index (χ3v) is 5.96. The number of fused-ring (bicyclic) bond motifs is 1. The molecule has 0 saturated carbocycles. The fraction of sp³-hybridized carbons (Fsp3) is 0.467. The van der Waals surface area contributed by atoms with Crippen molar-refractivity contribution in [2.45, 2.75) is 37.6 Å². The third kappa shape index (κ3) is 4.36. The van der Waals surface area contributed by atoms with Gasteiger partial charge in [0.05, 0.1) is 6.61 Å². The average Bonchev–Trinajstić information content (AvgIpc) is 2.97. The van der Waals surface area contributed by atoms with E-state index in [1.165, 1.54) is 6.92 Å². The minimum atomic E-state index is -4.41. The monoisotopic (exact) mass is 437 g/mol. The summed E-state index contributed by atoms with van der Waals surface area (Å²) >= 11 is 0. The topological polar surface area (TPSA) is 158 Å². The fourth-order valence-corrected chi connectivity index (χ4v) is 4.64. The van der Waals surface area contributed by atoms with E-state index in [0.717, 1.165) is 6.08 Å². The predicted octanol–water partition coefficient (Wildman–Crippen LogP) is -0.950. The maximum atomic E-state index is 12.2. The molecular weight excluding hydrogens is 418 g/mol. The minimum absolute atomic E-state index is 0.0814. The van der Waals surface area contributed by atoms with E-state index in [0.29, 0.717) is 5.56 Å². The standard InChI is InChI=1S/C15H19NO10S2/c1-2-12(25-27(19,20)16-8-10-6-4-3-5-7-10)15(18)14(17)13-11(9-23-15)24-28(21,22)26-13/h2-7,11,13-14,16-18H,8-9H2,1H3/t11-,13-,14+,15-/m1/s1. The van der Waals surface area contributed by atoms with Crippen LogP contribution in [0.25, 0.3) is 0 Å². The number of hydrogen-bond donors (Lipinski definition) is 3. The van der Waals surface area contributed by atoms with Gasteiger partial charge in [-0.1, -0.05) is 30.3 Å². The van der Waals surface area contributed by atoms with Gasteiger partial charge >= 0.3 is 20.7 Å². The zero-order chi connectivity index (χ0) is 20.6. The Balaban J connectivity index is 1.73. The number of nitrogens with one attached hydrogen (secondary N) is 1. The number of allylic oxidation sites excluding steroid dienone is 1. The van der Waals surface area contributed by atoms with Gasteiger partial charge in [0, 0.05) is 6.54 Å². The van der Waals surface area contributed by atoms with Gasteiger partial charge in [0.25, 0.3) is 5.79 Å². The van der Waals surface area contributed by atoms with Crippen LogP contribution >= 0.6 is 0 Å². The van der Waals surface area contributed by atoms with Gasteiger partial charge in [0.2, 0.25) is 0 Å². The lowest BCUT2D eigenvalue weighted by Crippen LogP contribution is -2.61. The highest BCUT2D eigenvalue weighted by Crippen LogP contribution is 2.38. The van der Waals surface area contributed by atoms with E-state index in [1.54, 1.807) is 30.3 Å².